The van der Waals surface area contributed by atoms with Crippen molar-refractivity contribution >= 4 is 29.0 Å². The Hall–Kier alpha value is -2.57. The fourth-order valence-corrected chi connectivity index (χ4v) is 1.96. The van der Waals surface area contributed by atoms with Crippen LogP contribution in [0.5, 0.6) is 0 Å². The highest BCUT2D eigenvalue weighted by atomic mass is 16.4. The molecule has 2 aromatic rings. The van der Waals surface area contributed by atoms with Gasteiger partial charge in [0.1, 0.15) is 12.1 Å². The molecule has 0 atom stereocenters. The monoisotopic (exact) mass is 291 g/mol. The first-order valence-corrected chi connectivity index (χ1v) is 6.68. The molecule has 0 saturated carbocycles. The Morgan fingerprint density at radius 2 is 2.19 bits per heavy atom. The number of hydrogen-bond donors (Lipinski definition) is 2. The Labute approximate surface area is 121 Å². The van der Waals surface area contributed by atoms with Crippen molar-refractivity contribution in [1.29, 1.82) is 0 Å². The van der Waals surface area contributed by atoms with E-state index in [-0.39, 0.29) is 18.1 Å². The summed E-state index contributed by atoms with van der Waals surface area (Å²) in [6, 6.07) is 4.73. The summed E-state index contributed by atoms with van der Waals surface area (Å²) in [4.78, 5) is 28.0. The molecular weight excluding hydrogens is 274 g/mol. The quantitative estimate of drug-likeness (QED) is 0.802. The SMILES string of the molecule is CCCCN(CC(N)=O)c1nc2ccc(C(=O)O)cc2o1. The smallest absolute Gasteiger partial charge is 0.335 e. The molecule has 0 unspecified atom stereocenters. The molecule has 0 aliphatic carbocycles. The molecule has 7 heteroatoms. The van der Waals surface area contributed by atoms with E-state index in [1.165, 1.54) is 12.1 Å². The minimum absolute atomic E-state index is 0.0125. The summed E-state index contributed by atoms with van der Waals surface area (Å²) in [5, 5.41) is 8.96. The largest absolute Gasteiger partial charge is 0.478 e. The molecule has 0 fully saturated rings. The Kier molecular flexibility index (Phi) is 4.42. The van der Waals surface area contributed by atoms with Crippen molar-refractivity contribution < 1.29 is 19.1 Å². The fraction of sp³-hybridized carbons (Fsp3) is 0.357. The predicted molar refractivity (Wildman–Crippen MR) is 77.3 cm³/mol. The molecule has 1 amide bonds. The van der Waals surface area contributed by atoms with E-state index in [4.69, 9.17) is 15.3 Å². The molecule has 21 heavy (non-hydrogen) atoms. The van der Waals surface area contributed by atoms with Crippen molar-refractivity contribution in [2.45, 2.75) is 19.8 Å². The average molecular weight is 291 g/mol. The standard InChI is InChI=1S/C14H17N3O4/c1-2-3-6-17(8-12(15)18)14-16-10-5-4-9(13(19)20)7-11(10)21-14/h4-5,7H,2-3,6,8H2,1H3,(H2,15,18)(H,19,20). The minimum Gasteiger partial charge on any atom is -0.478 e. The van der Waals surface area contributed by atoms with Gasteiger partial charge in [-0.2, -0.15) is 4.98 Å². The number of carboxylic acid groups (broad SMARTS) is 1. The third kappa shape index (κ3) is 3.50. The van der Waals surface area contributed by atoms with Crippen molar-refractivity contribution in [1.82, 2.24) is 4.98 Å². The number of aromatic carboxylic acids is 1. The number of aromatic nitrogens is 1. The van der Waals surface area contributed by atoms with E-state index in [1.807, 2.05) is 6.92 Å². The maximum Gasteiger partial charge on any atom is 0.335 e. The molecule has 3 N–H and O–H groups in total. The first kappa shape index (κ1) is 14.8. The van der Waals surface area contributed by atoms with Gasteiger partial charge in [-0.15, -0.1) is 0 Å². The van der Waals surface area contributed by atoms with Crippen molar-refractivity contribution in [2.75, 3.05) is 18.0 Å². The molecular formula is C14H17N3O4. The van der Waals surface area contributed by atoms with Crippen molar-refractivity contribution in [3.05, 3.63) is 23.8 Å². The lowest BCUT2D eigenvalue weighted by Gasteiger charge is -2.17. The topological polar surface area (TPSA) is 110 Å². The second-order valence-corrected chi connectivity index (χ2v) is 4.73. The van der Waals surface area contributed by atoms with Gasteiger partial charge in [-0.1, -0.05) is 13.3 Å². The van der Waals surface area contributed by atoms with Gasteiger partial charge in [-0.3, -0.25) is 4.79 Å². The highest BCUT2D eigenvalue weighted by molar-refractivity contribution is 5.92. The van der Waals surface area contributed by atoms with Crippen LogP contribution in [0.4, 0.5) is 6.01 Å². The number of benzene rings is 1. The highest BCUT2D eigenvalue weighted by Crippen LogP contribution is 2.23. The number of primary amides is 1. The highest BCUT2D eigenvalue weighted by Gasteiger charge is 2.16. The fourth-order valence-electron chi connectivity index (χ4n) is 1.96. The molecule has 112 valence electrons. The normalized spacial score (nSPS) is 10.7. The van der Waals surface area contributed by atoms with Gasteiger partial charge in [0.25, 0.3) is 6.01 Å². The predicted octanol–water partition coefficient (Wildman–Crippen LogP) is 1.62. The van der Waals surface area contributed by atoms with E-state index in [2.05, 4.69) is 4.98 Å². The van der Waals surface area contributed by atoms with E-state index in [0.29, 0.717) is 17.6 Å². The molecule has 0 spiro atoms. The van der Waals surface area contributed by atoms with E-state index in [9.17, 15) is 9.59 Å². The summed E-state index contributed by atoms with van der Waals surface area (Å²) in [5.41, 5.74) is 6.27. The van der Waals surface area contributed by atoms with Crippen LogP contribution in [-0.4, -0.2) is 35.1 Å². The molecule has 1 aromatic carbocycles. The van der Waals surface area contributed by atoms with Crippen LogP contribution in [0, 0.1) is 0 Å². The summed E-state index contributed by atoms with van der Waals surface area (Å²) in [5.74, 6) is -1.51. The molecule has 0 aliphatic rings. The van der Waals surface area contributed by atoms with Crippen LogP contribution >= 0.6 is 0 Å². The maximum absolute atomic E-state index is 11.1. The molecule has 0 radical (unpaired) electrons. The van der Waals surface area contributed by atoms with E-state index >= 15 is 0 Å². The molecule has 2 rings (SSSR count). The number of hydrogen-bond acceptors (Lipinski definition) is 5. The summed E-state index contributed by atoms with van der Waals surface area (Å²) < 4.78 is 5.56. The second kappa shape index (κ2) is 6.25. The Balaban J connectivity index is 2.33. The van der Waals surface area contributed by atoms with Gasteiger partial charge in [0.2, 0.25) is 5.91 Å². The van der Waals surface area contributed by atoms with E-state index < -0.39 is 11.9 Å². The minimum atomic E-state index is -1.03. The number of amides is 1. The molecule has 7 nitrogen and oxygen atoms in total. The molecule has 1 aromatic heterocycles. The lowest BCUT2D eigenvalue weighted by atomic mass is 10.2. The zero-order chi connectivity index (χ0) is 15.4. The van der Waals surface area contributed by atoms with Gasteiger partial charge < -0.3 is 20.2 Å². The number of anilines is 1. The van der Waals surface area contributed by atoms with Crippen molar-refractivity contribution in [3.63, 3.8) is 0 Å². The van der Waals surface area contributed by atoms with Gasteiger partial charge in [0.15, 0.2) is 5.58 Å². The van der Waals surface area contributed by atoms with Gasteiger partial charge in [-0.05, 0) is 24.6 Å². The Morgan fingerprint density at radius 1 is 1.43 bits per heavy atom. The summed E-state index contributed by atoms with van der Waals surface area (Å²) in [7, 11) is 0. The van der Waals surface area contributed by atoms with Crippen LogP contribution in [0.15, 0.2) is 22.6 Å². The summed E-state index contributed by atoms with van der Waals surface area (Å²) >= 11 is 0. The maximum atomic E-state index is 11.1. The summed E-state index contributed by atoms with van der Waals surface area (Å²) in [6.07, 6.45) is 1.82. The molecule has 1 heterocycles. The summed E-state index contributed by atoms with van der Waals surface area (Å²) in [6.45, 7) is 2.64. The third-order valence-corrected chi connectivity index (χ3v) is 3.02. The van der Waals surface area contributed by atoms with Crippen molar-refractivity contribution in [3.8, 4) is 0 Å². The van der Waals surface area contributed by atoms with E-state index in [0.717, 1.165) is 12.8 Å². The number of nitrogens with two attached hydrogens (primary N) is 1. The third-order valence-electron chi connectivity index (χ3n) is 3.02. The van der Waals surface area contributed by atoms with Crippen LogP contribution in [0.3, 0.4) is 0 Å². The zero-order valence-corrected chi connectivity index (χ0v) is 11.7. The van der Waals surface area contributed by atoms with Crippen LogP contribution < -0.4 is 10.6 Å². The number of carbonyl (C=O) groups is 2. The number of nitrogens with zero attached hydrogens (tertiary/aromatic N) is 2. The molecule has 0 aliphatic heterocycles. The number of oxazole rings is 1. The number of unbranched alkanes of at least 4 members (excludes halogenated alkanes) is 1. The van der Waals surface area contributed by atoms with Crippen LogP contribution in [-0.2, 0) is 4.79 Å². The van der Waals surface area contributed by atoms with E-state index in [1.54, 1.807) is 11.0 Å². The van der Waals surface area contributed by atoms with Crippen LogP contribution in [0.1, 0.15) is 30.1 Å². The van der Waals surface area contributed by atoms with Gasteiger partial charge in [0.05, 0.1) is 5.56 Å². The van der Waals surface area contributed by atoms with Crippen LogP contribution in [0.2, 0.25) is 0 Å². The lowest BCUT2D eigenvalue weighted by Crippen LogP contribution is -2.34. The van der Waals surface area contributed by atoms with Gasteiger partial charge in [0, 0.05) is 6.54 Å². The number of carbonyl (C=O) groups excluding carboxylic acids is 1. The number of rotatable bonds is 7. The first-order chi connectivity index (χ1) is 10.0. The number of carboxylic acids is 1. The van der Waals surface area contributed by atoms with Crippen molar-refractivity contribution in [2.24, 2.45) is 5.73 Å². The lowest BCUT2D eigenvalue weighted by molar-refractivity contribution is -0.116. The number of fused-ring (bicyclic) bond motifs is 1. The van der Waals surface area contributed by atoms with Gasteiger partial charge >= 0.3 is 5.97 Å². The zero-order valence-electron chi connectivity index (χ0n) is 11.7. The first-order valence-electron chi connectivity index (χ1n) is 6.68. The average Bonchev–Trinajstić information content (AvgIpc) is 2.85. The molecule has 0 bridgehead atoms. The van der Waals surface area contributed by atoms with Gasteiger partial charge in [-0.25, -0.2) is 4.79 Å². The second-order valence-electron chi connectivity index (χ2n) is 4.73. The van der Waals surface area contributed by atoms with Crippen LogP contribution in [0.25, 0.3) is 11.1 Å². The Bertz CT molecular complexity index is 665. The Morgan fingerprint density at radius 3 is 2.81 bits per heavy atom. The molecule has 0 saturated heterocycles.